The fraction of sp³-hybridized carbons (Fsp3) is 0.462. The molecule has 3 heteroatoms. The smallest absolute Gasteiger partial charge is 0.155 e. The molecule has 0 radical (unpaired) electrons. The molecule has 0 amide bonds. The molecule has 0 aliphatic heterocycles. The maximum Gasteiger partial charge on any atom is 0.155 e. The number of carbonyl (C=O) groups excluding carboxylic acids is 1. The van der Waals surface area contributed by atoms with E-state index in [9.17, 15) is 4.79 Å². The maximum atomic E-state index is 11.0. The van der Waals surface area contributed by atoms with Gasteiger partial charge in [-0.05, 0) is 31.6 Å². The van der Waals surface area contributed by atoms with Gasteiger partial charge in [-0.1, -0.05) is 6.58 Å². The average molecular weight is 222 g/mol. The zero-order valence-electron chi connectivity index (χ0n) is 9.86. The van der Waals surface area contributed by atoms with E-state index in [1.165, 1.54) is 6.08 Å². The Hall–Kier alpha value is -1.35. The summed E-state index contributed by atoms with van der Waals surface area (Å²) >= 11 is 0. The molecule has 0 aromatic carbocycles. The fourth-order valence-electron chi connectivity index (χ4n) is 1.40. The number of rotatable bonds is 7. The molecule has 0 aliphatic carbocycles. The quantitative estimate of drug-likeness (QED) is 0.665. The van der Waals surface area contributed by atoms with Crippen LogP contribution in [0.3, 0.4) is 0 Å². The van der Waals surface area contributed by atoms with E-state index < -0.39 is 0 Å². The largest absolute Gasteiger partial charge is 0.463 e. The normalized spacial score (nSPS) is 12.4. The molecule has 0 spiro atoms. The Balaban J connectivity index is 2.40. The molecule has 88 valence electrons. The molecule has 0 N–H and O–H groups in total. The van der Waals surface area contributed by atoms with Gasteiger partial charge >= 0.3 is 0 Å². The standard InChI is InChI=1S/C13H18O3/c1-4-11(14)6-5-7-12-8-9-13(16-12)10(2)15-3/h4,8-10H,1,5-7H2,2-3H3/t10-/m1/s1. The van der Waals surface area contributed by atoms with Crippen molar-refractivity contribution < 1.29 is 13.9 Å². The van der Waals surface area contributed by atoms with Gasteiger partial charge in [0.15, 0.2) is 5.78 Å². The van der Waals surface area contributed by atoms with Crippen molar-refractivity contribution >= 4 is 5.78 Å². The van der Waals surface area contributed by atoms with E-state index in [4.69, 9.17) is 9.15 Å². The Morgan fingerprint density at radius 1 is 1.62 bits per heavy atom. The van der Waals surface area contributed by atoms with Crippen molar-refractivity contribution in [2.24, 2.45) is 0 Å². The van der Waals surface area contributed by atoms with Crippen LogP contribution in [-0.4, -0.2) is 12.9 Å². The molecule has 1 heterocycles. The van der Waals surface area contributed by atoms with Crippen LogP contribution in [0.2, 0.25) is 0 Å². The van der Waals surface area contributed by atoms with Gasteiger partial charge in [-0.15, -0.1) is 0 Å². The third-order valence-electron chi connectivity index (χ3n) is 2.51. The lowest BCUT2D eigenvalue weighted by Crippen LogP contribution is -1.94. The van der Waals surface area contributed by atoms with Gasteiger partial charge in [0.1, 0.15) is 17.6 Å². The van der Waals surface area contributed by atoms with Crippen LogP contribution < -0.4 is 0 Å². The van der Waals surface area contributed by atoms with Gasteiger partial charge in [0.2, 0.25) is 0 Å². The summed E-state index contributed by atoms with van der Waals surface area (Å²) in [6, 6.07) is 3.85. The van der Waals surface area contributed by atoms with Crippen LogP contribution in [0, 0.1) is 0 Å². The summed E-state index contributed by atoms with van der Waals surface area (Å²) in [5, 5.41) is 0. The van der Waals surface area contributed by atoms with Crippen LogP contribution in [0.15, 0.2) is 29.2 Å². The van der Waals surface area contributed by atoms with Crippen LogP contribution in [-0.2, 0) is 16.0 Å². The summed E-state index contributed by atoms with van der Waals surface area (Å²) in [6.45, 7) is 5.37. The summed E-state index contributed by atoms with van der Waals surface area (Å²) in [5.41, 5.74) is 0. The first-order chi connectivity index (χ1) is 7.67. The van der Waals surface area contributed by atoms with E-state index in [-0.39, 0.29) is 11.9 Å². The average Bonchev–Trinajstić information content (AvgIpc) is 2.76. The number of ether oxygens (including phenoxy) is 1. The topological polar surface area (TPSA) is 39.4 Å². The van der Waals surface area contributed by atoms with E-state index in [0.717, 1.165) is 24.4 Å². The molecule has 0 saturated heterocycles. The molecule has 3 nitrogen and oxygen atoms in total. The predicted octanol–water partition coefficient (Wildman–Crippen LogP) is 3.06. The predicted molar refractivity (Wildman–Crippen MR) is 62.3 cm³/mol. The van der Waals surface area contributed by atoms with Crippen molar-refractivity contribution in [1.82, 2.24) is 0 Å². The minimum absolute atomic E-state index is 0.0245. The third kappa shape index (κ3) is 3.66. The zero-order valence-corrected chi connectivity index (χ0v) is 9.86. The van der Waals surface area contributed by atoms with Crippen molar-refractivity contribution in [3.8, 4) is 0 Å². The van der Waals surface area contributed by atoms with Crippen LogP contribution in [0.5, 0.6) is 0 Å². The Kier molecular flexibility index (Phi) is 4.99. The summed E-state index contributed by atoms with van der Waals surface area (Å²) in [4.78, 5) is 11.0. The molecule has 16 heavy (non-hydrogen) atoms. The van der Waals surface area contributed by atoms with Gasteiger partial charge in [0.05, 0.1) is 0 Å². The van der Waals surface area contributed by atoms with E-state index >= 15 is 0 Å². The minimum Gasteiger partial charge on any atom is -0.463 e. The number of methoxy groups -OCH3 is 1. The minimum atomic E-state index is -0.0245. The van der Waals surface area contributed by atoms with Crippen molar-refractivity contribution in [3.05, 3.63) is 36.3 Å². The number of allylic oxidation sites excluding steroid dienone is 1. The molecule has 0 bridgehead atoms. The number of furan rings is 1. The van der Waals surface area contributed by atoms with Gasteiger partial charge in [-0.2, -0.15) is 0 Å². The zero-order chi connectivity index (χ0) is 12.0. The number of hydrogen-bond acceptors (Lipinski definition) is 3. The van der Waals surface area contributed by atoms with E-state index in [2.05, 4.69) is 6.58 Å². The SMILES string of the molecule is C=CC(=O)CCCc1ccc([C@@H](C)OC)o1. The third-order valence-corrected chi connectivity index (χ3v) is 2.51. The van der Waals surface area contributed by atoms with Crippen LogP contribution in [0.25, 0.3) is 0 Å². The first-order valence-electron chi connectivity index (χ1n) is 5.44. The van der Waals surface area contributed by atoms with Gasteiger partial charge in [0, 0.05) is 20.0 Å². The van der Waals surface area contributed by atoms with Gasteiger partial charge < -0.3 is 9.15 Å². The fourth-order valence-corrected chi connectivity index (χ4v) is 1.40. The number of aryl methyl sites for hydroxylation is 1. The highest BCUT2D eigenvalue weighted by molar-refractivity contribution is 5.88. The van der Waals surface area contributed by atoms with Gasteiger partial charge in [-0.3, -0.25) is 4.79 Å². The second-order valence-corrected chi connectivity index (χ2v) is 3.71. The number of carbonyl (C=O) groups is 1. The summed E-state index contributed by atoms with van der Waals surface area (Å²) in [6.07, 6.45) is 3.43. The van der Waals surface area contributed by atoms with Crippen molar-refractivity contribution in [1.29, 1.82) is 0 Å². The lowest BCUT2D eigenvalue weighted by atomic mass is 10.1. The van der Waals surface area contributed by atoms with Gasteiger partial charge in [0.25, 0.3) is 0 Å². The molecule has 0 fully saturated rings. The van der Waals surface area contributed by atoms with Crippen molar-refractivity contribution in [2.45, 2.75) is 32.3 Å². The molecular weight excluding hydrogens is 204 g/mol. The molecule has 1 rings (SSSR count). The van der Waals surface area contributed by atoms with Crippen molar-refractivity contribution in [2.75, 3.05) is 7.11 Å². The Labute approximate surface area is 96.1 Å². The number of ketones is 1. The van der Waals surface area contributed by atoms with Crippen LogP contribution >= 0.6 is 0 Å². The first kappa shape index (κ1) is 12.7. The van der Waals surface area contributed by atoms with Crippen molar-refractivity contribution in [3.63, 3.8) is 0 Å². The second kappa shape index (κ2) is 6.28. The van der Waals surface area contributed by atoms with E-state index in [1.807, 2.05) is 19.1 Å². The highest BCUT2D eigenvalue weighted by Gasteiger charge is 2.09. The van der Waals surface area contributed by atoms with Gasteiger partial charge in [-0.25, -0.2) is 0 Å². The Morgan fingerprint density at radius 2 is 2.38 bits per heavy atom. The highest BCUT2D eigenvalue weighted by atomic mass is 16.5. The van der Waals surface area contributed by atoms with E-state index in [1.54, 1.807) is 7.11 Å². The molecule has 1 atom stereocenters. The lowest BCUT2D eigenvalue weighted by molar-refractivity contribution is -0.114. The maximum absolute atomic E-state index is 11.0. The second-order valence-electron chi connectivity index (χ2n) is 3.71. The lowest BCUT2D eigenvalue weighted by Gasteiger charge is -2.04. The summed E-state index contributed by atoms with van der Waals surface area (Å²) in [7, 11) is 1.65. The highest BCUT2D eigenvalue weighted by Crippen LogP contribution is 2.19. The number of hydrogen-bond donors (Lipinski definition) is 0. The Bertz CT molecular complexity index is 352. The molecule has 1 aromatic heterocycles. The Morgan fingerprint density at radius 3 is 3.00 bits per heavy atom. The summed E-state index contributed by atoms with van der Waals surface area (Å²) in [5.74, 6) is 1.81. The monoisotopic (exact) mass is 222 g/mol. The molecular formula is C13H18O3. The molecule has 0 saturated carbocycles. The molecule has 0 aliphatic rings. The molecule has 0 unspecified atom stereocenters. The first-order valence-corrected chi connectivity index (χ1v) is 5.44. The summed E-state index contributed by atoms with van der Waals surface area (Å²) < 4.78 is 10.7. The van der Waals surface area contributed by atoms with Crippen LogP contribution in [0.4, 0.5) is 0 Å². The van der Waals surface area contributed by atoms with E-state index in [0.29, 0.717) is 6.42 Å². The molecule has 1 aromatic rings. The van der Waals surface area contributed by atoms with Crippen LogP contribution in [0.1, 0.15) is 37.4 Å².